The monoisotopic (exact) mass is 208 g/mol. The van der Waals surface area contributed by atoms with Gasteiger partial charge in [0.2, 0.25) is 0 Å². The van der Waals surface area contributed by atoms with Crippen LogP contribution in [0.25, 0.3) is 0 Å². The van der Waals surface area contributed by atoms with Crippen LogP contribution in [-0.2, 0) is 0 Å². The molecule has 0 radical (unpaired) electrons. The van der Waals surface area contributed by atoms with E-state index in [0.29, 0.717) is 4.88 Å². The normalized spacial score (nSPS) is 11.7. The van der Waals surface area contributed by atoms with Crippen LogP contribution in [0.1, 0.15) is 21.7 Å². The van der Waals surface area contributed by atoms with Gasteiger partial charge in [0.15, 0.2) is 5.78 Å². The molecular weight excluding hydrogens is 201 g/mol. The first-order valence-corrected chi connectivity index (χ1v) is 4.42. The number of ketones is 1. The molecule has 5 heteroatoms. The second kappa shape index (κ2) is 3.49. The summed E-state index contributed by atoms with van der Waals surface area (Å²) in [6, 6.07) is 1.42. The molecule has 0 saturated carbocycles. The van der Waals surface area contributed by atoms with Crippen molar-refractivity contribution in [2.24, 2.45) is 0 Å². The van der Waals surface area contributed by atoms with Crippen LogP contribution in [0.3, 0.4) is 0 Å². The summed E-state index contributed by atoms with van der Waals surface area (Å²) in [5.74, 6) is -0.855. The zero-order valence-corrected chi connectivity index (χ0v) is 7.63. The average molecular weight is 208 g/mol. The number of hydrogen-bond acceptors (Lipinski definition) is 2. The fourth-order valence-electron chi connectivity index (χ4n) is 0.952. The van der Waals surface area contributed by atoms with Crippen molar-refractivity contribution in [3.8, 4) is 0 Å². The van der Waals surface area contributed by atoms with Gasteiger partial charge in [-0.3, -0.25) is 4.79 Å². The highest BCUT2D eigenvalue weighted by molar-refractivity contribution is 7.10. The third-order valence-electron chi connectivity index (χ3n) is 1.52. The molecule has 0 spiro atoms. The molecule has 72 valence electrons. The Bertz CT molecular complexity index is 313. The van der Waals surface area contributed by atoms with Gasteiger partial charge in [-0.25, -0.2) is 0 Å². The molecule has 0 fully saturated rings. The van der Waals surface area contributed by atoms with Crippen LogP contribution in [0.15, 0.2) is 11.4 Å². The van der Waals surface area contributed by atoms with Crippen molar-refractivity contribution >= 4 is 17.1 Å². The lowest BCUT2D eigenvalue weighted by Crippen LogP contribution is -2.14. The molecule has 0 unspecified atom stereocenters. The van der Waals surface area contributed by atoms with Gasteiger partial charge in [0.25, 0.3) is 0 Å². The van der Waals surface area contributed by atoms with Crippen molar-refractivity contribution in [3.63, 3.8) is 0 Å². The predicted octanol–water partition coefficient (Wildman–Crippen LogP) is 3.19. The maximum Gasteiger partial charge on any atom is 0.396 e. The summed E-state index contributed by atoms with van der Waals surface area (Å²) in [4.78, 5) is 11.7. The minimum Gasteiger partial charge on any atom is -0.294 e. The first-order valence-electron chi connectivity index (χ1n) is 3.54. The van der Waals surface area contributed by atoms with E-state index in [9.17, 15) is 18.0 Å². The van der Waals surface area contributed by atoms with E-state index in [-0.39, 0.29) is 5.56 Å². The summed E-state index contributed by atoms with van der Waals surface area (Å²) in [7, 11) is 0. The Morgan fingerprint density at radius 1 is 1.54 bits per heavy atom. The van der Waals surface area contributed by atoms with Crippen molar-refractivity contribution in [1.82, 2.24) is 0 Å². The van der Waals surface area contributed by atoms with Crippen LogP contribution >= 0.6 is 11.3 Å². The maximum absolute atomic E-state index is 11.8. The molecule has 0 saturated heterocycles. The third kappa shape index (κ3) is 2.84. The highest BCUT2D eigenvalue weighted by Crippen LogP contribution is 2.24. The average Bonchev–Trinajstić information content (AvgIpc) is 2.30. The largest absolute Gasteiger partial charge is 0.396 e. The molecule has 0 aliphatic rings. The van der Waals surface area contributed by atoms with Gasteiger partial charge in [-0.05, 0) is 18.4 Å². The van der Waals surface area contributed by atoms with E-state index in [1.165, 1.54) is 17.4 Å². The first kappa shape index (κ1) is 10.2. The number of Topliss-reactive ketones (excluding diaryl/α,β-unsaturated/α-hetero) is 1. The third-order valence-corrected chi connectivity index (χ3v) is 2.37. The van der Waals surface area contributed by atoms with Gasteiger partial charge in [0.05, 0.1) is 0 Å². The van der Waals surface area contributed by atoms with Crippen molar-refractivity contribution < 1.29 is 18.0 Å². The highest BCUT2D eigenvalue weighted by atomic mass is 32.1. The number of hydrogen-bond donors (Lipinski definition) is 0. The molecule has 0 aromatic carbocycles. The van der Waals surface area contributed by atoms with E-state index in [4.69, 9.17) is 0 Å². The molecule has 0 aliphatic heterocycles. The smallest absolute Gasteiger partial charge is 0.294 e. The Morgan fingerprint density at radius 2 is 2.15 bits per heavy atom. The molecule has 1 nitrogen and oxygen atoms in total. The van der Waals surface area contributed by atoms with Crippen LogP contribution in [0.2, 0.25) is 0 Å². The molecule has 13 heavy (non-hydrogen) atoms. The van der Waals surface area contributed by atoms with E-state index in [0.717, 1.165) is 0 Å². The molecular formula is C8H7F3OS. The SMILES string of the molecule is Cc1sccc1C(=O)CC(F)(F)F. The van der Waals surface area contributed by atoms with Crippen LogP contribution < -0.4 is 0 Å². The Hall–Kier alpha value is -0.840. The Morgan fingerprint density at radius 3 is 2.54 bits per heavy atom. The van der Waals surface area contributed by atoms with E-state index < -0.39 is 18.4 Å². The Labute approximate surface area is 77.2 Å². The van der Waals surface area contributed by atoms with E-state index in [2.05, 4.69) is 0 Å². The molecule has 1 rings (SSSR count). The molecule has 0 amide bonds. The molecule has 0 N–H and O–H groups in total. The van der Waals surface area contributed by atoms with Crippen LogP contribution in [-0.4, -0.2) is 12.0 Å². The first-order chi connectivity index (χ1) is 5.90. The van der Waals surface area contributed by atoms with Gasteiger partial charge in [0, 0.05) is 10.4 Å². The maximum atomic E-state index is 11.8. The second-order valence-electron chi connectivity index (χ2n) is 2.61. The van der Waals surface area contributed by atoms with Crippen LogP contribution in [0.4, 0.5) is 13.2 Å². The lowest BCUT2D eigenvalue weighted by molar-refractivity contribution is -0.125. The second-order valence-corrected chi connectivity index (χ2v) is 3.73. The molecule has 1 heterocycles. The van der Waals surface area contributed by atoms with Crippen molar-refractivity contribution in [1.29, 1.82) is 0 Å². The Kier molecular flexibility index (Phi) is 2.75. The van der Waals surface area contributed by atoms with Crippen molar-refractivity contribution in [2.45, 2.75) is 19.5 Å². The molecule has 0 aliphatic carbocycles. The molecule has 1 aromatic rings. The highest BCUT2D eigenvalue weighted by Gasteiger charge is 2.32. The number of carbonyl (C=O) groups excluding carboxylic acids is 1. The van der Waals surface area contributed by atoms with Crippen molar-refractivity contribution in [2.75, 3.05) is 0 Å². The minimum atomic E-state index is -4.41. The van der Waals surface area contributed by atoms with Gasteiger partial charge in [-0.15, -0.1) is 11.3 Å². The minimum absolute atomic E-state index is 0.183. The summed E-state index contributed by atoms with van der Waals surface area (Å²) in [5.41, 5.74) is 0.183. The van der Waals surface area contributed by atoms with Crippen LogP contribution in [0, 0.1) is 6.92 Å². The van der Waals surface area contributed by atoms with E-state index in [1.54, 1.807) is 12.3 Å². The number of carbonyl (C=O) groups is 1. The zero-order valence-electron chi connectivity index (χ0n) is 6.81. The van der Waals surface area contributed by atoms with Crippen LogP contribution in [0.5, 0.6) is 0 Å². The summed E-state index contributed by atoms with van der Waals surface area (Å²) in [5, 5.41) is 1.61. The fraction of sp³-hybridized carbons (Fsp3) is 0.375. The molecule has 0 atom stereocenters. The van der Waals surface area contributed by atoms with E-state index in [1.807, 2.05) is 0 Å². The molecule has 0 bridgehead atoms. The standard InChI is InChI=1S/C8H7F3OS/c1-5-6(2-3-13-5)7(12)4-8(9,10)11/h2-3H,4H2,1H3. The number of rotatable bonds is 2. The summed E-state index contributed by atoms with van der Waals surface area (Å²) in [6.45, 7) is 1.63. The van der Waals surface area contributed by atoms with Gasteiger partial charge >= 0.3 is 6.18 Å². The lowest BCUT2D eigenvalue weighted by Gasteiger charge is -2.04. The van der Waals surface area contributed by atoms with Gasteiger partial charge < -0.3 is 0 Å². The lowest BCUT2D eigenvalue weighted by atomic mass is 10.1. The van der Waals surface area contributed by atoms with Gasteiger partial charge in [0.1, 0.15) is 6.42 Å². The quantitative estimate of drug-likeness (QED) is 0.682. The van der Waals surface area contributed by atoms with E-state index >= 15 is 0 Å². The number of thiophene rings is 1. The predicted molar refractivity (Wildman–Crippen MR) is 44.1 cm³/mol. The Balaban J connectivity index is 2.76. The summed E-state index contributed by atoms with van der Waals surface area (Å²) >= 11 is 1.27. The topological polar surface area (TPSA) is 17.1 Å². The summed E-state index contributed by atoms with van der Waals surface area (Å²) in [6.07, 6.45) is -5.78. The fourth-order valence-corrected chi connectivity index (χ4v) is 1.67. The zero-order chi connectivity index (χ0) is 10.1. The van der Waals surface area contributed by atoms with Gasteiger partial charge in [-0.2, -0.15) is 13.2 Å². The summed E-state index contributed by atoms with van der Waals surface area (Å²) < 4.78 is 35.4. The van der Waals surface area contributed by atoms with Gasteiger partial charge in [-0.1, -0.05) is 0 Å². The van der Waals surface area contributed by atoms with Crippen molar-refractivity contribution in [3.05, 3.63) is 21.9 Å². The number of aryl methyl sites for hydroxylation is 1. The molecule has 1 aromatic heterocycles. The number of alkyl halides is 3. The number of halogens is 3.